The Kier molecular flexibility index (Phi) is 10.5. The number of allylic oxidation sites excluding steroid dienone is 1. The fourth-order valence-corrected chi connectivity index (χ4v) is 6.40. The highest BCUT2D eigenvalue weighted by atomic mass is 35.5. The van der Waals surface area contributed by atoms with Gasteiger partial charge in [-0.1, -0.05) is 48.7 Å². The Morgan fingerprint density at radius 2 is 1.85 bits per heavy atom. The summed E-state index contributed by atoms with van der Waals surface area (Å²) < 4.78 is 17.0. The number of nitrogens with zero attached hydrogens (tertiary/aromatic N) is 1. The first-order valence-corrected chi connectivity index (χ1v) is 16.8. The number of hydrogen-bond acceptors (Lipinski definition) is 7. The smallest absolute Gasteiger partial charge is 0.408 e. The lowest BCUT2D eigenvalue weighted by atomic mass is 9.91. The van der Waals surface area contributed by atoms with Gasteiger partial charge in [-0.3, -0.25) is 9.59 Å². The first kappa shape index (κ1) is 34.3. The van der Waals surface area contributed by atoms with Crippen LogP contribution in [0.25, 0.3) is 0 Å². The Morgan fingerprint density at radius 1 is 1.06 bits per heavy atom. The van der Waals surface area contributed by atoms with Crippen LogP contribution in [-0.4, -0.2) is 58.6 Å². The molecule has 2 aromatic carbocycles. The summed E-state index contributed by atoms with van der Waals surface area (Å²) in [5.74, 6) is -0.398. The number of alkyl carbamates (subject to hydrolysis) is 1. The molecule has 10 nitrogen and oxygen atoms in total. The molecule has 2 heterocycles. The molecule has 11 heteroatoms. The zero-order chi connectivity index (χ0) is 33.8. The SMILES string of the molecule is CCOC(=O)[C@@]12C[C@@H]1/C=C\CCCCC[C@H](NC(=O)OC(C)(C)C)C(=O)N1Cc3ccc(Oc4cccc(Cl)c4)cc3C[C@H]1C(=O)N2. The highest BCUT2D eigenvalue weighted by Crippen LogP contribution is 2.46. The summed E-state index contributed by atoms with van der Waals surface area (Å²) in [4.78, 5) is 56.2. The summed E-state index contributed by atoms with van der Waals surface area (Å²) >= 11 is 6.15. The average molecular weight is 666 g/mol. The molecule has 47 heavy (non-hydrogen) atoms. The first-order valence-electron chi connectivity index (χ1n) is 16.4. The Bertz CT molecular complexity index is 1540. The van der Waals surface area contributed by atoms with Crippen molar-refractivity contribution in [1.29, 1.82) is 0 Å². The van der Waals surface area contributed by atoms with Gasteiger partial charge < -0.3 is 29.7 Å². The summed E-state index contributed by atoms with van der Waals surface area (Å²) in [6.07, 6.45) is 7.55. The molecule has 3 amide bonds. The van der Waals surface area contributed by atoms with E-state index in [1.807, 2.05) is 30.4 Å². The van der Waals surface area contributed by atoms with Crippen molar-refractivity contribution in [2.24, 2.45) is 5.92 Å². The minimum absolute atomic E-state index is 0.131. The van der Waals surface area contributed by atoms with Crippen LogP contribution in [0.3, 0.4) is 0 Å². The second-order valence-corrected chi connectivity index (χ2v) is 13.9. The van der Waals surface area contributed by atoms with E-state index in [1.54, 1.807) is 52.0 Å². The molecule has 0 bridgehead atoms. The van der Waals surface area contributed by atoms with Crippen molar-refractivity contribution in [3.05, 3.63) is 70.8 Å². The topological polar surface area (TPSA) is 123 Å². The van der Waals surface area contributed by atoms with Gasteiger partial charge in [0.15, 0.2) is 0 Å². The molecule has 1 aliphatic carbocycles. The molecular weight excluding hydrogens is 622 g/mol. The van der Waals surface area contributed by atoms with Gasteiger partial charge in [0.05, 0.1) is 6.61 Å². The minimum atomic E-state index is -1.19. The molecule has 1 fully saturated rings. The number of ether oxygens (including phenoxy) is 3. The third kappa shape index (κ3) is 8.46. The number of benzene rings is 2. The third-order valence-electron chi connectivity index (χ3n) is 8.65. The minimum Gasteiger partial charge on any atom is -0.464 e. The van der Waals surface area contributed by atoms with Gasteiger partial charge in [0.25, 0.3) is 0 Å². The Morgan fingerprint density at radius 3 is 2.60 bits per heavy atom. The van der Waals surface area contributed by atoms with E-state index in [1.165, 1.54) is 4.90 Å². The lowest BCUT2D eigenvalue weighted by Gasteiger charge is -2.39. The number of amides is 3. The Balaban J connectivity index is 1.48. The summed E-state index contributed by atoms with van der Waals surface area (Å²) in [6.45, 7) is 7.32. The molecule has 1 saturated carbocycles. The highest BCUT2D eigenvalue weighted by Gasteiger charge is 2.62. The number of esters is 1. The fraction of sp³-hybridized carbons (Fsp3) is 0.500. The van der Waals surface area contributed by atoms with Gasteiger partial charge in [-0.05, 0) is 94.8 Å². The maximum atomic E-state index is 14.4. The summed E-state index contributed by atoms with van der Waals surface area (Å²) in [5, 5.41) is 6.33. The van der Waals surface area contributed by atoms with E-state index in [4.69, 9.17) is 25.8 Å². The van der Waals surface area contributed by atoms with Gasteiger partial charge in [0.1, 0.15) is 34.7 Å². The second-order valence-electron chi connectivity index (χ2n) is 13.4. The zero-order valence-corrected chi connectivity index (χ0v) is 28.2. The highest BCUT2D eigenvalue weighted by molar-refractivity contribution is 6.30. The molecule has 0 aromatic heterocycles. The van der Waals surface area contributed by atoms with Crippen molar-refractivity contribution >= 4 is 35.5 Å². The normalized spacial score (nSPS) is 25.4. The predicted molar refractivity (Wildman–Crippen MR) is 177 cm³/mol. The molecule has 2 aliphatic heterocycles. The number of hydrogen-bond donors (Lipinski definition) is 2. The van der Waals surface area contributed by atoms with E-state index < -0.39 is 41.2 Å². The molecule has 252 valence electrons. The van der Waals surface area contributed by atoms with Crippen molar-refractivity contribution in [2.45, 2.75) is 102 Å². The van der Waals surface area contributed by atoms with Gasteiger partial charge in [-0.2, -0.15) is 0 Å². The average Bonchev–Trinajstić information content (AvgIpc) is 3.71. The van der Waals surface area contributed by atoms with Crippen molar-refractivity contribution in [2.75, 3.05) is 6.61 Å². The van der Waals surface area contributed by atoms with Crippen LogP contribution in [-0.2, 0) is 36.8 Å². The Hall–Kier alpha value is -4.05. The third-order valence-corrected chi connectivity index (χ3v) is 8.88. The molecule has 0 spiro atoms. The van der Waals surface area contributed by atoms with Gasteiger partial charge >= 0.3 is 12.1 Å². The van der Waals surface area contributed by atoms with E-state index >= 15 is 0 Å². The van der Waals surface area contributed by atoms with E-state index in [-0.39, 0.29) is 31.4 Å². The largest absolute Gasteiger partial charge is 0.464 e. The lowest BCUT2D eigenvalue weighted by Crippen LogP contribution is -2.60. The molecule has 2 aromatic rings. The molecule has 0 unspecified atom stereocenters. The van der Waals surface area contributed by atoms with Gasteiger partial charge in [0.2, 0.25) is 11.8 Å². The van der Waals surface area contributed by atoms with E-state index in [2.05, 4.69) is 10.6 Å². The standard InChI is InChI=1S/C36H44ClN3O7/c1-5-45-33(43)36-21-25(36)12-9-7-6-8-10-15-29(38-34(44)47-35(2,3)4)32(42)40-22-23-16-17-28(46-27-14-11-13-26(37)20-27)18-24(23)19-30(40)31(41)39-36/h9,11-14,16-18,20,25,29-30H,5-8,10,15,19,21-22H2,1-4H3,(H,38,44)(H,39,41)/b12-9-/t25-,29-,30-,36+/m0/s1. The molecule has 0 saturated heterocycles. The molecule has 2 N–H and O–H groups in total. The van der Waals surface area contributed by atoms with Crippen molar-refractivity contribution in [1.82, 2.24) is 15.5 Å². The summed E-state index contributed by atoms with van der Waals surface area (Å²) in [5.41, 5.74) is -0.258. The lowest BCUT2D eigenvalue weighted by molar-refractivity contribution is -0.151. The van der Waals surface area contributed by atoms with Crippen LogP contribution < -0.4 is 15.4 Å². The monoisotopic (exact) mass is 665 g/mol. The number of carbonyl (C=O) groups excluding carboxylic acids is 4. The quantitative estimate of drug-likeness (QED) is 0.286. The van der Waals surface area contributed by atoms with Gasteiger partial charge in [0, 0.05) is 23.9 Å². The van der Waals surface area contributed by atoms with Crippen LogP contribution in [0, 0.1) is 5.92 Å². The van der Waals surface area contributed by atoms with Crippen LogP contribution in [0.4, 0.5) is 4.79 Å². The zero-order valence-electron chi connectivity index (χ0n) is 27.5. The van der Waals surface area contributed by atoms with Crippen LogP contribution in [0.2, 0.25) is 5.02 Å². The number of carbonyl (C=O) groups is 4. The van der Waals surface area contributed by atoms with Gasteiger partial charge in [-0.25, -0.2) is 9.59 Å². The number of rotatable bonds is 5. The van der Waals surface area contributed by atoms with Crippen molar-refractivity contribution < 1.29 is 33.4 Å². The fourth-order valence-electron chi connectivity index (χ4n) is 6.22. The predicted octanol–water partition coefficient (Wildman–Crippen LogP) is 6.24. The number of fused-ring (bicyclic) bond motifs is 3. The number of halogens is 1. The van der Waals surface area contributed by atoms with E-state index in [0.29, 0.717) is 35.8 Å². The second kappa shape index (κ2) is 14.4. The van der Waals surface area contributed by atoms with Crippen LogP contribution >= 0.6 is 11.6 Å². The Labute approximate surface area is 281 Å². The van der Waals surface area contributed by atoms with E-state index in [0.717, 1.165) is 30.4 Å². The van der Waals surface area contributed by atoms with Crippen molar-refractivity contribution in [3.63, 3.8) is 0 Å². The molecule has 5 rings (SSSR count). The van der Waals surface area contributed by atoms with Crippen molar-refractivity contribution in [3.8, 4) is 11.5 Å². The number of nitrogens with one attached hydrogen (secondary N) is 2. The molecule has 3 aliphatic rings. The molecule has 4 atom stereocenters. The van der Waals surface area contributed by atoms with Crippen LogP contribution in [0.5, 0.6) is 11.5 Å². The van der Waals surface area contributed by atoms with Crippen LogP contribution in [0.1, 0.15) is 77.3 Å². The molecular formula is C36H44ClN3O7. The molecule has 0 radical (unpaired) electrons. The maximum Gasteiger partial charge on any atom is 0.408 e. The maximum absolute atomic E-state index is 14.4. The first-order chi connectivity index (χ1) is 22.4. The van der Waals surface area contributed by atoms with Crippen LogP contribution in [0.15, 0.2) is 54.6 Å². The van der Waals surface area contributed by atoms with E-state index in [9.17, 15) is 19.2 Å². The summed E-state index contributed by atoms with van der Waals surface area (Å²) in [6, 6.07) is 10.8. The summed E-state index contributed by atoms with van der Waals surface area (Å²) in [7, 11) is 0. The van der Waals surface area contributed by atoms with Gasteiger partial charge in [-0.15, -0.1) is 0 Å².